The first-order valence-electron chi connectivity index (χ1n) is 10.4. The van der Waals surface area contributed by atoms with Crippen LogP contribution in [-0.4, -0.2) is 34.1 Å². The molecule has 1 atom stereocenters. The van der Waals surface area contributed by atoms with Crippen molar-refractivity contribution in [3.8, 4) is 0 Å². The van der Waals surface area contributed by atoms with Crippen molar-refractivity contribution in [2.75, 3.05) is 13.1 Å². The summed E-state index contributed by atoms with van der Waals surface area (Å²) >= 11 is 0. The molecular weight excluding hydrogens is 338 g/mol. The lowest BCUT2D eigenvalue weighted by molar-refractivity contribution is -0.131. The van der Waals surface area contributed by atoms with Crippen LogP contribution < -0.4 is 0 Å². The summed E-state index contributed by atoms with van der Waals surface area (Å²) in [4.78, 5) is 14.7. The summed E-state index contributed by atoms with van der Waals surface area (Å²) in [6, 6.07) is 10.7. The van der Waals surface area contributed by atoms with Crippen LogP contribution in [0.25, 0.3) is 0 Å². The molecule has 5 heteroatoms. The van der Waals surface area contributed by atoms with E-state index in [0.29, 0.717) is 30.6 Å². The van der Waals surface area contributed by atoms with Crippen molar-refractivity contribution in [3.63, 3.8) is 0 Å². The number of hydrogen-bond donors (Lipinski definition) is 0. The van der Waals surface area contributed by atoms with E-state index in [9.17, 15) is 4.79 Å². The molecule has 1 aromatic carbocycles. The van der Waals surface area contributed by atoms with E-state index in [4.69, 9.17) is 4.42 Å². The maximum absolute atomic E-state index is 12.7. The van der Waals surface area contributed by atoms with E-state index in [1.165, 1.54) is 18.4 Å². The molecule has 2 aromatic rings. The van der Waals surface area contributed by atoms with E-state index in [1.807, 2.05) is 4.90 Å². The van der Waals surface area contributed by atoms with Crippen LogP contribution in [0.1, 0.15) is 80.5 Å². The molecule has 2 aliphatic rings. The van der Waals surface area contributed by atoms with Crippen LogP contribution in [0.4, 0.5) is 0 Å². The topological polar surface area (TPSA) is 59.2 Å². The molecule has 1 saturated carbocycles. The molecule has 1 aliphatic heterocycles. The third-order valence-corrected chi connectivity index (χ3v) is 6.09. The molecule has 0 N–H and O–H groups in total. The van der Waals surface area contributed by atoms with Gasteiger partial charge in [0.25, 0.3) is 0 Å². The smallest absolute Gasteiger partial charge is 0.223 e. The highest BCUT2D eigenvalue weighted by Crippen LogP contribution is 2.33. The van der Waals surface area contributed by atoms with Crippen molar-refractivity contribution in [1.82, 2.24) is 15.1 Å². The lowest BCUT2D eigenvalue weighted by Gasteiger charge is -2.20. The van der Waals surface area contributed by atoms with Gasteiger partial charge in [0.15, 0.2) is 0 Å². The zero-order valence-corrected chi connectivity index (χ0v) is 16.0. The molecule has 1 aromatic heterocycles. The van der Waals surface area contributed by atoms with E-state index in [-0.39, 0.29) is 5.91 Å². The lowest BCUT2D eigenvalue weighted by Crippen LogP contribution is -2.32. The van der Waals surface area contributed by atoms with E-state index >= 15 is 0 Å². The molecule has 1 unspecified atom stereocenters. The number of benzene rings is 1. The van der Waals surface area contributed by atoms with Gasteiger partial charge in [0, 0.05) is 31.8 Å². The molecule has 27 heavy (non-hydrogen) atoms. The highest BCUT2D eigenvalue weighted by atomic mass is 16.4. The Bertz CT molecular complexity index is 737. The Kier molecular flexibility index (Phi) is 5.85. The van der Waals surface area contributed by atoms with Crippen LogP contribution in [0.15, 0.2) is 34.7 Å². The second-order valence-electron chi connectivity index (χ2n) is 7.93. The highest BCUT2D eigenvalue weighted by Gasteiger charge is 2.24. The van der Waals surface area contributed by atoms with Crippen molar-refractivity contribution in [2.24, 2.45) is 0 Å². The molecule has 1 saturated heterocycles. The number of likely N-dealkylation sites (tertiary alicyclic amines) is 1. The number of amides is 1. The zero-order valence-electron chi connectivity index (χ0n) is 16.0. The molecule has 4 rings (SSSR count). The summed E-state index contributed by atoms with van der Waals surface area (Å²) in [7, 11) is 0. The number of rotatable bonds is 5. The molecule has 1 amide bonds. The summed E-state index contributed by atoms with van der Waals surface area (Å²) < 4.78 is 5.81. The molecule has 1 aliphatic carbocycles. The van der Waals surface area contributed by atoms with Crippen molar-refractivity contribution in [1.29, 1.82) is 0 Å². The van der Waals surface area contributed by atoms with Crippen LogP contribution in [0.3, 0.4) is 0 Å². The third-order valence-electron chi connectivity index (χ3n) is 6.09. The van der Waals surface area contributed by atoms with Gasteiger partial charge in [-0.05, 0) is 43.6 Å². The summed E-state index contributed by atoms with van der Waals surface area (Å²) in [5.41, 5.74) is 1.40. The van der Waals surface area contributed by atoms with E-state index in [1.54, 1.807) is 0 Å². The second-order valence-corrected chi connectivity index (χ2v) is 7.93. The predicted molar refractivity (Wildman–Crippen MR) is 103 cm³/mol. The molecule has 0 radical (unpaired) electrons. The number of carbonyl (C=O) groups is 1. The first-order valence-corrected chi connectivity index (χ1v) is 10.4. The van der Waals surface area contributed by atoms with Crippen molar-refractivity contribution >= 4 is 5.91 Å². The molecule has 144 valence electrons. The number of aryl methyl sites for hydroxylation is 1. The quantitative estimate of drug-likeness (QED) is 0.783. The largest absolute Gasteiger partial charge is 0.425 e. The van der Waals surface area contributed by atoms with Gasteiger partial charge in [-0.1, -0.05) is 43.2 Å². The van der Waals surface area contributed by atoms with Gasteiger partial charge in [-0.25, -0.2) is 0 Å². The molecule has 2 heterocycles. The van der Waals surface area contributed by atoms with Crippen molar-refractivity contribution in [2.45, 2.75) is 69.6 Å². The Morgan fingerprint density at radius 3 is 2.56 bits per heavy atom. The van der Waals surface area contributed by atoms with Gasteiger partial charge in [0.1, 0.15) is 0 Å². The van der Waals surface area contributed by atoms with Gasteiger partial charge in [0.2, 0.25) is 17.7 Å². The SMILES string of the molecule is O=C(CCc1nnc(C2CCCC2)o1)N1CCCC(c2ccccc2)CC1. The normalized spacial score (nSPS) is 21.3. The minimum Gasteiger partial charge on any atom is -0.425 e. The van der Waals surface area contributed by atoms with Crippen molar-refractivity contribution in [3.05, 3.63) is 47.7 Å². The minimum absolute atomic E-state index is 0.212. The fraction of sp³-hybridized carbons (Fsp3) is 0.591. The van der Waals surface area contributed by atoms with E-state index in [2.05, 4.69) is 40.5 Å². The van der Waals surface area contributed by atoms with Gasteiger partial charge in [-0.15, -0.1) is 10.2 Å². The number of nitrogens with zero attached hydrogens (tertiary/aromatic N) is 3. The second kappa shape index (κ2) is 8.68. The fourth-order valence-corrected chi connectivity index (χ4v) is 4.48. The van der Waals surface area contributed by atoms with Gasteiger partial charge >= 0.3 is 0 Å². The summed E-state index contributed by atoms with van der Waals surface area (Å²) in [6.07, 6.45) is 9.08. The number of aromatic nitrogens is 2. The Hall–Kier alpha value is -2.17. The molecule has 0 bridgehead atoms. The minimum atomic E-state index is 0.212. The predicted octanol–water partition coefficient (Wildman–Crippen LogP) is 4.46. The van der Waals surface area contributed by atoms with Crippen molar-refractivity contribution < 1.29 is 9.21 Å². The fourth-order valence-electron chi connectivity index (χ4n) is 4.48. The lowest BCUT2D eigenvalue weighted by atomic mass is 9.92. The van der Waals surface area contributed by atoms with Crippen LogP contribution >= 0.6 is 0 Å². The van der Waals surface area contributed by atoms with Gasteiger partial charge in [-0.2, -0.15) is 0 Å². The average molecular weight is 367 g/mol. The number of carbonyl (C=O) groups excluding carboxylic acids is 1. The monoisotopic (exact) mass is 367 g/mol. The highest BCUT2D eigenvalue weighted by molar-refractivity contribution is 5.76. The van der Waals surface area contributed by atoms with Crippen LogP contribution in [-0.2, 0) is 11.2 Å². The Labute approximate surface area is 161 Å². The van der Waals surface area contributed by atoms with Gasteiger partial charge in [-0.3, -0.25) is 4.79 Å². The molecule has 0 spiro atoms. The maximum atomic E-state index is 12.7. The van der Waals surface area contributed by atoms with Crippen LogP contribution in [0.2, 0.25) is 0 Å². The summed E-state index contributed by atoms with van der Waals surface area (Å²) in [6.45, 7) is 1.70. The first kappa shape index (κ1) is 18.2. The van der Waals surface area contributed by atoms with Gasteiger partial charge in [0.05, 0.1) is 0 Å². The van der Waals surface area contributed by atoms with E-state index < -0.39 is 0 Å². The zero-order chi connectivity index (χ0) is 18.5. The van der Waals surface area contributed by atoms with E-state index in [0.717, 1.165) is 51.1 Å². The maximum Gasteiger partial charge on any atom is 0.223 e. The Balaban J connectivity index is 1.27. The molecule has 5 nitrogen and oxygen atoms in total. The van der Waals surface area contributed by atoms with Crippen LogP contribution in [0, 0.1) is 0 Å². The summed E-state index contributed by atoms with van der Waals surface area (Å²) in [5.74, 6) is 2.60. The van der Waals surface area contributed by atoms with Gasteiger partial charge < -0.3 is 9.32 Å². The Morgan fingerprint density at radius 2 is 1.74 bits per heavy atom. The van der Waals surface area contributed by atoms with Crippen LogP contribution in [0.5, 0.6) is 0 Å². The standard InChI is InChI=1S/C22H29N3O2/c26-21(13-12-20-23-24-22(27-20)19-9-4-5-10-19)25-15-6-11-18(14-16-25)17-7-2-1-3-8-17/h1-3,7-8,18-19H,4-6,9-16H2. The Morgan fingerprint density at radius 1 is 0.963 bits per heavy atom. The first-order chi connectivity index (χ1) is 13.3. The average Bonchev–Trinajstić information content (AvgIpc) is 3.34. The number of hydrogen-bond acceptors (Lipinski definition) is 4. The third kappa shape index (κ3) is 4.57. The molecular formula is C22H29N3O2. The summed E-state index contributed by atoms with van der Waals surface area (Å²) in [5, 5.41) is 8.37. The molecule has 2 fully saturated rings.